The van der Waals surface area contributed by atoms with E-state index < -0.39 is 0 Å². The Balaban J connectivity index is 2.00. The normalized spacial score (nSPS) is 15.2. The largest absolute Gasteiger partial charge is 0.324 e. The molecular weight excluding hydrogens is 250 g/mol. The van der Waals surface area contributed by atoms with Crippen molar-refractivity contribution >= 4 is 11.6 Å². The molecule has 0 spiro atoms. The van der Waals surface area contributed by atoms with Crippen LogP contribution in [0.2, 0.25) is 0 Å². The van der Waals surface area contributed by atoms with Crippen molar-refractivity contribution in [3.8, 4) is 0 Å². The monoisotopic (exact) mass is 275 g/mol. The second kappa shape index (κ2) is 6.37. The number of likely N-dealkylation sites (N-methyl/N-ethyl adjacent to an activating group) is 1. The first-order chi connectivity index (χ1) is 9.51. The fourth-order valence-electron chi connectivity index (χ4n) is 2.77. The van der Waals surface area contributed by atoms with Gasteiger partial charge in [-0.05, 0) is 38.4 Å². The molecule has 1 aromatic rings. The summed E-state index contributed by atoms with van der Waals surface area (Å²) in [6, 6.07) is 4.72. The lowest BCUT2D eigenvalue weighted by atomic mass is 10.1. The van der Waals surface area contributed by atoms with Gasteiger partial charge < -0.3 is 10.6 Å². The van der Waals surface area contributed by atoms with Gasteiger partial charge in [0.2, 0.25) is 5.91 Å². The van der Waals surface area contributed by atoms with E-state index in [0.29, 0.717) is 12.6 Å². The van der Waals surface area contributed by atoms with Crippen LogP contribution in [0.5, 0.6) is 0 Å². The number of rotatable bonds is 5. The molecule has 2 rings (SSSR count). The molecule has 0 aromatic heterocycles. The van der Waals surface area contributed by atoms with Crippen molar-refractivity contribution in [2.45, 2.75) is 33.7 Å². The molecule has 1 fully saturated rings. The number of nitrogens with one attached hydrogen (secondary N) is 2. The smallest absolute Gasteiger partial charge is 0.238 e. The average Bonchev–Trinajstić information content (AvgIpc) is 2.30. The first-order valence-corrected chi connectivity index (χ1v) is 7.33. The molecule has 0 bridgehead atoms. The van der Waals surface area contributed by atoms with Gasteiger partial charge in [0.1, 0.15) is 0 Å². The Bertz CT molecular complexity index is 471. The van der Waals surface area contributed by atoms with E-state index >= 15 is 0 Å². The van der Waals surface area contributed by atoms with Crippen molar-refractivity contribution in [2.75, 3.05) is 31.5 Å². The predicted octanol–water partition coefficient (Wildman–Crippen LogP) is 1.84. The summed E-state index contributed by atoms with van der Waals surface area (Å²) in [5.74, 6) is 0.0776. The Hall–Kier alpha value is -1.39. The Labute approximate surface area is 121 Å². The maximum absolute atomic E-state index is 12.2. The molecule has 0 saturated carbocycles. The van der Waals surface area contributed by atoms with E-state index in [1.54, 1.807) is 0 Å². The molecule has 0 atom stereocenters. The molecular formula is C16H25N3O. The SMILES string of the molecule is CCN(CC(=O)Nc1c(C)cc(C)cc1C)C1CNC1. The minimum absolute atomic E-state index is 0.0776. The highest BCUT2D eigenvalue weighted by Crippen LogP contribution is 2.21. The molecule has 0 aliphatic carbocycles. The number of aryl methyl sites for hydroxylation is 3. The highest BCUT2D eigenvalue weighted by molar-refractivity contribution is 5.93. The van der Waals surface area contributed by atoms with Crippen LogP contribution in [0.25, 0.3) is 0 Å². The van der Waals surface area contributed by atoms with Gasteiger partial charge in [0.15, 0.2) is 0 Å². The van der Waals surface area contributed by atoms with E-state index in [1.165, 1.54) is 5.56 Å². The van der Waals surface area contributed by atoms with E-state index in [2.05, 4.69) is 41.5 Å². The number of hydrogen-bond donors (Lipinski definition) is 2. The molecule has 20 heavy (non-hydrogen) atoms. The minimum atomic E-state index is 0.0776. The zero-order chi connectivity index (χ0) is 14.7. The van der Waals surface area contributed by atoms with E-state index in [0.717, 1.165) is 36.4 Å². The highest BCUT2D eigenvalue weighted by atomic mass is 16.2. The topological polar surface area (TPSA) is 44.4 Å². The zero-order valence-corrected chi connectivity index (χ0v) is 12.9. The number of amides is 1. The van der Waals surface area contributed by atoms with Crippen LogP contribution in [0.4, 0.5) is 5.69 Å². The van der Waals surface area contributed by atoms with Gasteiger partial charge >= 0.3 is 0 Å². The van der Waals surface area contributed by atoms with Crippen LogP contribution in [0.1, 0.15) is 23.6 Å². The van der Waals surface area contributed by atoms with Crippen LogP contribution in [-0.4, -0.2) is 43.0 Å². The van der Waals surface area contributed by atoms with E-state index in [4.69, 9.17) is 0 Å². The van der Waals surface area contributed by atoms with Gasteiger partial charge in [-0.25, -0.2) is 0 Å². The quantitative estimate of drug-likeness (QED) is 0.862. The summed E-state index contributed by atoms with van der Waals surface area (Å²) in [7, 11) is 0. The number of anilines is 1. The van der Waals surface area contributed by atoms with E-state index in [1.807, 2.05) is 13.8 Å². The number of benzene rings is 1. The van der Waals surface area contributed by atoms with Crippen molar-refractivity contribution in [3.63, 3.8) is 0 Å². The predicted molar refractivity (Wildman–Crippen MR) is 83.2 cm³/mol. The Morgan fingerprint density at radius 3 is 2.35 bits per heavy atom. The third-order valence-corrected chi connectivity index (χ3v) is 3.97. The Morgan fingerprint density at radius 1 is 1.30 bits per heavy atom. The molecule has 1 aliphatic heterocycles. The second-order valence-corrected chi connectivity index (χ2v) is 5.70. The first kappa shape index (κ1) is 15.0. The fourth-order valence-corrected chi connectivity index (χ4v) is 2.77. The highest BCUT2D eigenvalue weighted by Gasteiger charge is 2.25. The Morgan fingerprint density at radius 2 is 1.90 bits per heavy atom. The summed E-state index contributed by atoms with van der Waals surface area (Å²) in [5, 5.41) is 6.32. The van der Waals surface area contributed by atoms with Crippen LogP contribution in [0.3, 0.4) is 0 Å². The summed E-state index contributed by atoms with van der Waals surface area (Å²) in [6.45, 7) is 11.6. The molecule has 1 saturated heterocycles. The third kappa shape index (κ3) is 3.38. The van der Waals surface area contributed by atoms with Gasteiger partial charge in [-0.1, -0.05) is 24.6 Å². The molecule has 1 aliphatic rings. The van der Waals surface area contributed by atoms with Gasteiger partial charge in [0.25, 0.3) is 0 Å². The second-order valence-electron chi connectivity index (χ2n) is 5.70. The molecule has 1 amide bonds. The van der Waals surface area contributed by atoms with Crippen LogP contribution in [-0.2, 0) is 4.79 Å². The lowest BCUT2D eigenvalue weighted by Gasteiger charge is -2.37. The minimum Gasteiger partial charge on any atom is -0.324 e. The van der Waals surface area contributed by atoms with E-state index in [-0.39, 0.29) is 5.91 Å². The van der Waals surface area contributed by atoms with Crippen LogP contribution < -0.4 is 10.6 Å². The van der Waals surface area contributed by atoms with Crippen molar-refractivity contribution in [1.82, 2.24) is 10.2 Å². The average molecular weight is 275 g/mol. The summed E-state index contributed by atoms with van der Waals surface area (Å²) in [5.41, 5.74) is 4.45. The van der Waals surface area contributed by atoms with Gasteiger partial charge in [-0.15, -0.1) is 0 Å². The fraction of sp³-hybridized carbons (Fsp3) is 0.562. The number of nitrogens with zero attached hydrogens (tertiary/aromatic N) is 1. The first-order valence-electron chi connectivity index (χ1n) is 7.33. The standard InChI is InChI=1S/C16H25N3O/c1-5-19(14-8-17-9-14)10-15(20)18-16-12(3)6-11(2)7-13(16)4/h6-7,14,17H,5,8-10H2,1-4H3,(H,18,20). The maximum Gasteiger partial charge on any atom is 0.238 e. The number of carbonyl (C=O) groups excluding carboxylic acids is 1. The molecule has 1 heterocycles. The summed E-state index contributed by atoms with van der Waals surface area (Å²) in [6.07, 6.45) is 0. The van der Waals surface area contributed by atoms with Crippen LogP contribution in [0, 0.1) is 20.8 Å². The third-order valence-electron chi connectivity index (χ3n) is 3.97. The summed E-state index contributed by atoms with van der Waals surface area (Å²) < 4.78 is 0. The molecule has 0 unspecified atom stereocenters. The molecule has 1 aromatic carbocycles. The van der Waals surface area contributed by atoms with E-state index in [9.17, 15) is 4.79 Å². The molecule has 0 radical (unpaired) electrons. The van der Waals surface area contributed by atoms with Crippen molar-refractivity contribution < 1.29 is 4.79 Å². The van der Waals surface area contributed by atoms with Crippen molar-refractivity contribution in [2.24, 2.45) is 0 Å². The van der Waals surface area contributed by atoms with Crippen molar-refractivity contribution in [1.29, 1.82) is 0 Å². The molecule has 110 valence electrons. The van der Waals surface area contributed by atoms with Crippen molar-refractivity contribution in [3.05, 3.63) is 28.8 Å². The molecule has 4 heteroatoms. The lowest BCUT2D eigenvalue weighted by Crippen LogP contribution is -2.58. The number of hydrogen-bond acceptors (Lipinski definition) is 3. The summed E-state index contributed by atoms with van der Waals surface area (Å²) >= 11 is 0. The Kier molecular flexibility index (Phi) is 4.78. The van der Waals surface area contributed by atoms with Crippen LogP contribution >= 0.6 is 0 Å². The van der Waals surface area contributed by atoms with Gasteiger partial charge in [0.05, 0.1) is 6.54 Å². The van der Waals surface area contributed by atoms with Crippen LogP contribution in [0.15, 0.2) is 12.1 Å². The number of carbonyl (C=O) groups is 1. The maximum atomic E-state index is 12.2. The van der Waals surface area contributed by atoms with Gasteiger partial charge in [-0.3, -0.25) is 9.69 Å². The van der Waals surface area contributed by atoms with Gasteiger partial charge in [0, 0.05) is 24.8 Å². The molecule has 4 nitrogen and oxygen atoms in total. The molecule has 2 N–H and O–H groups in total. The van der Waals surface area contributed by atoms with Gasteiger partial charge in [-0.2, -0.15) is 0 Å². The summed E-state index contributed by atoms with van der Waals surface area (Å²) in [4.78, 5) is 14.5. The zero-order valence-electron chi connectivity index (χ0n) is 12.9. The lowest BCUT2D eigenvalue weighted by molar-refractivity contribution is -0.118.